The lowest BCUT2D eigenvalue weighted by Gasteiger charge is -2.01. The Bertz CT molecular complexity index is 1020. The summed E-state index contributed by atoms with van der Waals surface area (Å²) >= 11 is 1.19. The van der Waals surface area contributed by atoms with Crippen LogP contribution in [0.15, 0.2) is 59.0 Å². The summed E-state index contributed by atoms with van der Waals surface area (Å²) in [4.78, 5) is 14.8. The van der Waals surface area contributed by atoms with Gasteiger partial charge in [0.15, 0.2) is 10.7 Å². The first kappa shape index (κ1) is 17.2. The average molecular weight is 367 g/mol. The van der Waals surface area contributed by atoms with Crippen LogP contribution in [-0.4, -0.2) is 15.6 Å². The number of rotatable bonds is 5. The number of nitriles is 1. The van der Waals surface area contributed by atoms with Crippen LogP contribution in [-0.2, 0) is 0 Å². The zero-order valence-corrected chi connectivity index (χ0v) is 13.9. The number of para-hydroxylation sites is 2. The second-order valence-electron chi connectivity index (χ2n) is 5.00. The molecule has 0 spiro atoms. The Labute approximate surface area is 151 Å². The van der Waals surface area contributed by atoms with Gasteiger partial charge in [-0.2, -0.15) is 10.4 Å². The van der Waals surface area contributed by atoms with E-state index in [0.29, 0.717) is 16.3 Å². The van der Waals surface area contributed by atoms with E-state index in [0.717, 1.165) is 0 Å². The molecule has 0 saturated carbocycles. The lowest BCUT2D eigenvalue weighted by Crippen LogP contribution is -2.03. The van der Waals surface area contributed by atoms with E-state index >= 15 is 0 Å². The van der Waals surface area contributed by atoms with Crippen LogP contribution in [0.5, 0.6) is 0 Å². The Morgan fingerprint density at radius 3 is 2.69 bits per heavy atom. The number of anilines is 1. The summed E-state index contributed by atoms with van der Waals surface area (Å²) in [5, 5.41) is 26.3. The highest BCUT2D eigenvalue weighted by Crippen LogP contribution is 2.25. The van der Waals surface area contributed by atoms with Crippen molar-refractivity contribution in [1.82, 2.24) is 4.98 Å². The molecule has 0 amide bonds. The topological polar surface area (TPSA) is 104 Å². The van der Waals surface area contributed by atoms with Crippen molar-refractivity contribution in [3.63, 3.8) is 0 Å². The van der Waals surface area contributed by atoms with Crippen LogP contribution in [0.25, 0.3) is 11.3 Å². The number of nitro groups is 1. The molecule has 1 N–H and O–H groups in total. The minimum atomic E-state index is -0.542. The third-order valence-corrected chi connectivity index (χ3v) is 4.19. The Kier molecular flexibility index (Phi) is 4.96. The molecule has 0 aliphatic carbocycles. The van der Waals surface area contributed by atoms with Gasteiger partial charge < -0.3 is 0 Å². The predicted octanol–water partition coefficient (Wildman–Crippen LogP) is 4.20. The lowest BCUT2D eigenvalue weighted by atomic mass is 10.2. The van der Waals surface area contributed by atoms with Gasteiger partial charge in [0.25, 0.3) is 5.69 Å². The molecule has 1 heterocycles. The number of aromatic nitrogens is 1. The van der Waals surface area contributed by atoms with Crippen LogP contribution in [0.4, 0.5) is 15.8 Å². The molecule has 26 heavy (non-hydrogen) atoms. The molecule has 128 valence electrons. The zero-order valence-electron chi connectivity index (χ0n) is 13.1. The van der Waals surface area contributed by atoms with Crippen LogP contribution in [0.3, 0.4) is 0 Å². The number of nitrogens with zero attached hydrogens (tertiary/aromatic N) is 4. The third kappa shape index (κ3) is 3.71. The molecular weight excluding hydrogens is 357 g/mol. The number of hydrogen-bond acceptors (Lipinski definition) is 7. The van der Waals surface area contributed by atoms with Gasteiger partial charge in [-0.1, -0.05) is 12.1 Å². The van der Waals surface area contributed by atoms with Crippen molar-refractivity contribution in [2.24, 2.45) is 5.10 Å². The summed E-state index contributed by atoms with van der Waals surface area (Å²) in [7, 11) is 0. The molecule has 0 fully saturated rings. The van der Waals surface area contributed by atoms with Crippen molar-refractivity contribution < 1.29 is 9.31 Å². The fourth-order valence-electron chi connectivity index (χ4n) is 2.10. The fraction of sp³-hybridized carbons (Fsp3) is 0. The molecule has 3 rings (SSSR count). The molecule has 0 aliphatic rings. The summed E-state index contributed by atoms with van der Waals surface area (Å²) in [6.45, 7) is 0. The number of thiazole rings is 1. The van der Waals surface area contributed by atoms with Gasteiger partial charge in [-0.15, -0.1) is 11.3 Å². The third-order valence-electron chi connectivity index (χ3n) is 3.34. The molecule has 0 atom stereocenters. The highest BCUT2D eigenvalue weighted by molar-refractivity contribution is 7.12. The van der Waals surface area contributed by atoms with E-state index in [-0.39, 0.29) is 22.9 Å². The Hall–Kier alpha value is -3.64. The molecule has 0 bridgehead atoms. The van der Waals surface area contributed by atoms with E-state index < -0.39 is 4.92 Å². The van der Waals surface area contributed by atoms with Crippen LogP contribution < -0.4 is 5.43 Å². The van der Waals surface area contributed by atoms with E-state index in [1.165, 1.54) is 41.7 Å². The monoisotopic (exact) mass is 367 g/mol. The van der Waals surface area contributed by atoms with Crippen LogP contribution in [0.2, 0.25) is 0 Å². The molecule has 7 nitrogen and oxygen atoms in total. The molecule has 0 aliphatic heterocycles. The van der Waals surface area contributed by atoms with E-state index in [9.17, 15) is 19.8 Å². The quantitative estimate of drug-likeness (QED) is 0.413. The van der Waals surface area contributed by atoms with Crippen molar-refractivity contribution in [2.75, 3.05) is 5.43 Å². The van der Waals surface area contributed by atoms with E-state index in [1.54, 1.807) is 23.6 Å². The Morgan fingerprint density at radius 1 is 1.27 bits per heavy atom. The first-order chi connectivity index (χ1) is 12.6. The van der Waals surface area contributed by atoms with Crippen LogP contribution in [0.1, 0.15) is 5.01 Å². The van der Waals surface area contributed by atoms with Crippen molar-refractivity contribution in [3.05, 3.63) is 74.9 Å². The maximum absolute atomic E-state index is 13.0. The number of nitro benzene ring substituents is 1. The van der Waals surface area contributed by atoms with Gasteiger partial charge in [-0.05, 0) is 30.3 Å². The summed E-state index contributed by atoms with van der Waals surface area (Å²) in [6.07, 6.45) is 0. The Morgan fingerprint density at radius 2 is 2.00 bits per heavy atom. The Balaban J connectivity index is 1.86. The highest BCUT2D eigenvalue weighted by Gasteiger charge is 2.14. The van der Waals surface area contributed by atoms with Gasteiger partial charge in [0.2, 0.25) is 0 Å². The van der Waals surface area contributed by atoms with E-state index in [4.69, 9.17) is 0 Å². The van der Waals surface area contributed by atoms with Crippen molar-refractivity contribution in [1.29, 1.82) is 5.26 Å². The maximum atomic E-state index is 13.0. The van der Waals surface area contributed by atoms with Gasteiger partial charge in [0.1, 0.15) is 17.6 Å². The molecule has 1 aromatic heterocycles. The standard InChI is InChI=1S/C17H10FN5O2S/c18-12-7-5-11(6-8-12)15-10-26-17(20-15)14(9-19)22-21-13-3-1-2-4-16(13)23(24)25/h1-8,10,21H. The van der Waals surface area contributed by atoms with Gasteiger partial charge in [-0.3, -0.25) is 15.5 Å². The van der Waals surface area contributed by atoms with Gasteiger partial charge in [0, 0.05) is 17.0 Å². The summed E-state index contributed by atoms with van der Waals surface area (Å²) in [5.74, 6) is -0.350. The molecule has 0 radical (unpaired) electrons. The molecule has 2 aromatic carbocycles. The smallest absolute Gasteiger partial charge is 0.270 e. The number of halogens is 1. The first-order valence-electron chi connectivity index (χ1n) is 7.27. The van der Waals surface area contributed by atoms with Crippen LogP contribution in [0, 0.1) is 27.3 Å². The maximum Gasteiger partial charge on any atom is 0.294 e. The SMILES string of the molecule is N#CC(=NNc1ccccc1[N+](=O)[O-])c1nc(-c2ccc(F)cc2)cs1. The van der Waals surface area contributed by atoms with E-state index in [2.05, 4.69) is 15.5 Å². The fourth-order valence-corrected chi connectivity index (χ4v) is 2.87. The summed E-state index contributed by atoms with van der Waals surface area (Å²) in [5.41, 5.74) is 3.83. The molecule has 3 aromatic rings. The molecule has 0 unspecified atom stereocenters. The van der Waals surface area contributed by atoms with Crippen LogP contribution >= 0.6 is 11.3 Å². The van der Waals surface area contributed by atoms with Gasteiger partial charge >= 0.3 is 0 Å². The first-order valence-corrected chi connectivity index (χ1v) is 8.15. The minimum absolute atomic E-state index is 0.0125. The summed E-state index contributed by atoms with van der Waals surface area (Å²) in [6, 6.07) is 13.7. The number of hydrazone groups is 1. The van der Waals surface area contributed by atoms with E-state index in [1.807, 2.05) is 6.07 Å². The largest absolute Gasteiger partial charge is 0.294 e. The van der Waals surface area contributed by atoms with Crippen molar-refractivity contribution >= 4 is 28.4 Å². The predicted molar refractivity (Wildman–Crippen MR) is 96.4 cm³/mol. The molecule has 9 heteroatoms. The summed E-state index contributed by atoms with van der Waals surface area (Å²) < 4.78 is 13.0. The second-order valence-corrected chi connectivity index (χ2v) is 5.86. The number of hydrogen-bond donors (Lipinski definition) is 1. The minimum Gasteiger partial charge on any atom is -0.270 e. The molecule has 0 saturated heterocycles. The second kappa shape index (κ2) is 7.50. The van der Waals surface area contributed by atoms with Gasteiger partial charge in [-0.25, -0.2) is 9.37 Å². The van der Waals surface area contributed by atoms with Gasteiger partial charge in [0.05, 0.1) is 10.6 Å². The highest BCUT2D eigenvalue weighted by atomic mass is 32.1. The molecular formula is C17H10FN5O2S. The number of nitrogens with one attached hydrogen (secondary N) is 1. The van der Waals surface area contributed by atoms with Crippen molar-refractivity contribution in [3.8, 4) is 17.3 Å². The zero-order chi connectivity index (χ0) is 18.5. The normalized spacial score (nSPS) is 11.0. The average Bonchev–Trinajstić information content (AvgIpc) is 3.13. The number of benzene rings is 2. The van der Waals surface area contributed by atoms with Crippen molar-refractivity contribution in [2.45, 2.75) is 0 Å². The lowest BCUT2D eigenvalue weighted by molar-refractivity contribution is -0.384.